The second-order valence-electron chi connectivity index (χ2n) is 5.69. The smallest absolute Gasteiger partial charge is 0.251 e. The summed E-state index contributed by atoms with van der Waals surface area (Å²) in [6.45, 7) is 0.591. The van der Waals surface area contributed by atoms with Crippen LogP contribution >= 0.6 is 0 Å². The molecule has 0 spiro atoms. The summed E-state index contributed by atoms with van der Waals surface area (Å²) in [4.78, 5) is 23.7. The molecule has 0 fully saturated rings. The number of nitrogens with zero attached hydrogens (tertiary/aromatic N) is 4. The van der Waals surface area contributed by atoms with Crippen LogP contribution in [0.1, 0.15) is 15.9 Å². The summed E-state index contributed by atoms with van der Waals surface area (Å²) in [5, 5.41) is 16.3. The number of hydrogen-bond acceptors (Lipinski definition) is 5. The van der Waals surface area contributed by atoms with Crippen molar-refractivity contribution < 1.29 is 9.59 Å². The van der Waals surface area contributed by atoms with Gasteiger partial charge in [0.25, 0.3) is 5.91 Å². The highest BCUT2D eigenvalue weighted by molar-refractivity contribution is 5.99. The number of aromatic nitrogens is 4. The van der Waals surface area contributed by atoms with Gasteiger partial charge in [-0.25, -0.2) is 4.68 Å². The van der Waals surface area contributed by atoms with Crippen molar-refractivity contribution in [1.82, 2.24) is 25.5 Å². The lowest BCUT2D eigenvalue weighted by Crippen LogP contribution is -2.19. The fraction of sp³-hybridized carbons (Fsp3) is 0.118. The van der Waals surface area contributed by atoms with E-state index in [4.69, 9.17) is 0 Å². The molecule has 1 aromatic heterocycles. The quantitative estimate of drug-likeness (QED) is 0.747. The van der Waals surface area contributed by atoms with Crippen molar-refractivity contribution in [2.45, 2.75) is 13.1 Å². The van der Waals surface area contributed by atoms with Gasteiger partial charge in [-0.2, -0.15) is 0 Å². The third-order valence-electron chi connectivity index (χ3n) is 3.97. The molecule has 4 rings (SSSR count). The number of benzene rings is 2. The Morgan fingerprint density at radius 3 is 2.92 bits per heavy atom. The van der Waals surface area contributed by atoms with Crippen LogP contribution in [-0.4, -0.2) is 32.0 Å². The third-order valence-corrected chi connectivity index (χ3v) is 3.97. The molecule has 2 heterocycles. The number of rotatable bonds is 4. The Bertz CT molecular complexity index is 952. The zero-order valence-electron chi connectivity index (χ0n) is 13.1. The lowest BCUT2D eigenvalue weighted by Gasteiger charge is -2.08. The van der Waals surface area contributed by atoms with Crippen LogP contribution < -0.4 is 10.6 Å². The molecule has 0 aliphatic carbocycles. The van der Waals surface area contributed by atoms with Crippen molar-refractivity contribution in [2.75, 3.05) is 5.32 Å². The van der Waals surface area contributed by atoms with Gasteiger partial charge in [0.05, 0.1) is 0 Å². The van der Waals surface area contributed by atoms with Crippen LogP contribution in [0.25, 0.3) is 11.1 Å². The van der Waals surface area contributed by atoms with Crippen LogP contribution in [-0.2, 0) is 17.9 Å². The van der Waals surface area contributed by atoms with E-state index in [-0.39, 0.29) is 18.4 Å². The Kier molecular flexibility index (Phi) is 3.70. The molecule has 8 heteroatoms. The average Bonchev–Trinajstić information content (AvgIpc) is 3.25. The second-order valence-corrected chi connectivity index (χ2v) is 5.69. The van der Waals surface area contributed by atoms with Gasteiger partial charge in [0.2, 0.25) is 5.91 Å². The van der Waals surface area contributed by atoms with E-state index >= 15 is 0 Å². The van der Waals surface area contributed by atoms with E-state index < -0.39 is 0 Å². The minimum atomic E-state index is -0.215. The molecule has 0 unspecified atom stereocenters. The number of amides is 2. The minimum absolute atomic E-state index is 0.0369. The van der Waals surface area contributed by atoms with Crippen molar-refractivity contribution in [3.63, 3.8) is 0 Å². The maximum absolute atomic E-state index is 12.0. The lowest BCUT2D eigenvalue weighted by molar-refractivity contribution is -0.116. The zero-order chi connectivity index (χ0) is 17.2. The van der Waals surface area contributed by atoms with E-state index in [0.717, 1.165) is 22.3 Å². The first-order valence-electron chi connectivity index (χ1n) is 7.71. The Labute approximate surface area is 142 Å². The summed E-state index contributed by atoms with van der Waals surface area (Å²) in [6, 6.07) is 13.3. The zero-order valence-corrected chi connectivity index (χ0v) is 13.1. The SMILES string of the molecule is O=C(Cn1cnnn1)Nc1cccc(-c2ccc3c(c2)CNC3=O)c1. The first kappa shape index (κ1) is 15.0. The topological polar surface area (TPSA) is 102 Å². The molecule has 1 aliphatic heterocycles. The number of tetrazole rings is 1. The molecular weight excluding hydrogens is 320 g/mol. The second kappa shape index (κ2) is 6.16. The number of fused-ring (bicyclic) bond motifs is 1. The van der Waals surface area contributed by atoms with Crippen LogP contribution in [0.3, 0.4) is 0 Å². The first-order chi connectivity index (χ1) is 12.2. The molecule has 0 saturated heterocycles. The van der Waals surface area contributed by atoms with E-state index in [1.807, 2.05) is 42.5 Å². The fourth-order valence-corrected chi connectivity index (χ4v) is 2.79. The highest BCUT2D eigenvalue weighted by Crippen LogP contribution is 2.27. The summed E-state index contributed by atoms with van der Waals surface area (Å²) in [6.07, 6.45) is 1.38. The van der Waals surface area contributed by atoms with Gasteiger partial charge in [-0.05, 0) is 51.4 Å². The van der Waals surface area contributed by atoms with E-state index in [0.29, 0.717) is 12.2 Å². The maximum Gasteiger partial charge on any atom is 0.251 e. The predicted molar refractivity (Wildman–Crippen MR) is 89.5 cm³/mol. The van der Waals surface area contributed by atoms with Gasteiger partial charge in [-0.3, -0.25) is 9.59 Å². The van der Waals surface area contributed by atoms with Gasteiger partial charge >= 0.3 is 0 Å². The number of hydrogen-bond donors (Lipinski definition) is 2. The summed E-state index contributed by atoms with van der Waals surface area (Å²) in [5.41, 5.74) is 4.34. The summed E-state index contributed by atoms with van der Waals surface area (Å²) < 4.78 is 1.35. The number of anilines is 1. The highest BCUT2D eigenvalue weighted by Gasteiger charge is 2.18. The van der Waals surface area contributed by atoms with E-state index in [2.05, 4.69) is 26.2 Å². The Morgan fingerprint density at radius 1 is 1.20 bits per heavy atom. The lowest BCUT2D eigenvalue weighted by atomic mass is 10.00. The summed E-state index contributed by atoms with van der Waals surface area (Å²) in [7, 11) is 0. The van der Waals surface area contributed by atoms with Crippen molar-refractivity contribution in [1.29, 1.82) is 0 Å². The van der Waals surface area contributed by atoms with Crippen LogP contribution in [0.2, 0.25) is 0 Å². The maximum atomic E-state index is 12.0. The van der Waals surface area contributed by atoms with Crippen LogP contribution in [0.15, 0.2) is 48.8 Å². The molecule has 0 bridgehead atoms. The molecule has 8 nitrogen and oxygen atoms in total. The monoisotopic (exact) mass is 334 g/mol. The largest absolute Gasteiger partial charge is 0.348 e. The van der Waals surface area contributed by atoms with Crippen LogP contribution in [0, 0.1) is 0 Å². The van der Waals surface area contributed by atoms with Gasteiger partial charge in [0.15, 0.2) is 0 Å². The van der Waals surface area contributed by atoms with Crippen molar-refractivity contribution in [2.24, 2.45) is 0 Å². The average molecular weight is 334 g/mol. The van der Waals surface area contributed by atoms with E-state index in [9.17, 15) is 9.59 Å². The van der Waals surface area contributed by atoms with Crippen LogP contribution in [0.4, 0.5) is 5.69 Å². The number of carbonyl (C=O) groups excluding carboxylic acids is 2. The molecule has 25 heavy (non-hydrogen) atoms. The highest BCUT2D eigenvalue weighted by atomic mass is 16.2. The van der Waals surface area contributed by atoms with E-state index in [1.165, 1.54) is 11.0 Å². The van der Waals surface area contributed by atoms with Crippen molar-refractivity contribution >= 4 is 17.5 Å². The number of nitrogens with one attached hydrogen (secondary N) is 2. The molecule has 0 atom stereocenters. The van der Waals surface area contributed by atoms with Gasteiger partial charge in [-0.15, -0.1) is 5.10 Å². The van der Waals surface area contributed by atoms with Crippen LogP contribution in [0.5, 0.6) is 0 Å². The molecule has 124 valence electrons. The fourth-order valence-electron chi connectivity index (χ4n) is 2.79. The molecule has 0 radical (unpaired) electrons. The normalized spacial score (nSPS) is 12.6. The standard InChI is InChI=1S/C17H14N6O2/c24-16(9-23-10-19-21-22-23)20-14-3-1-2-11(7-14)12-4-5-15-13(6-12)8-18-17(15)25/h1-7,10H,8-9H2,(H,18,25)(H,20,24). The molecule has 1 aliphatic rings. The van der Waals surface area contributed by atoms with Gasteiger partial charge in [-0.1, -0.05) is 18.2 Å². The van der Waals surface area contributed by atoms with Gasteiger partial charge in [0, 0.05) is 17.8 Å². The third kappa shape index (κ3) is 3.09. The summed E-state index contributed by atoms with van der Waals surface area (Å²) >= 11 is 0. The molecule has 2 aromatic carbocycles. The number of carbonyl (C=O) groups is 2. The Hall–Kier alpha value is -3.55. The molecule has 2 N–H and O–H groups in total. The van der Waals surface area contributed by atoms with E-state index in [1.54, 1.807) is 0 Å². The molecule has 3 aromatic rings. The van der Waals surface area contributed by atoms with Crippen molar-refractivity contribution in [3.05, 3.63) is 59.9 Å². The summed E-state index contributed by atoms with van der Waals surface area (Å²) in [5.74, 6) is -0.252. The Balaban J connectivity index is 1.53. The molecular formula is C17H14N6O2. The van der Waals surface area contributed by atoms with Crippen molar-refractivity contribution in [3.8, 4) is 11.1 Å². The predicted octanol–water partition coefficient (Wildman–Crippen LogP) is 1.22. The molecule has 2 amide bonds. The van der Waals surface area contributed by atoms with Gasteiger partial charge in [0.1, 0.15) is 12.9 Å². The first-order valence-corrected chi connectivity index (χ1v) is 7.71. The minimum Gasteiger partial charge on any atom is -0.348 e. The molecule has 0 saturated carbocycles. The Morgan fingerprint density at radius 2 is 2.08 bits per heavy atom. The van der Waals surface area contributed by atoms with Gasteiger partial charge < -0.3 is 10.6 Å².